The van der Waals surface area contributed by atoms with Crippen LogP contribution in [-0.4, -0.2) is 14.5 Å². The largest absolute Gasteiger partial charge is 0.308 e. The van der Waals surface area contributed by atoms with Gasteiger partial charge in [-0.05, 0) is 11.4 Å². The van der Waals surface area contributed by atoms with Gasteiger partial charge < -0.3 is 4.98 Å². The van der Waals surface area contributed by atoms with Gasteiger partial charge in [0.2, 0.25) is 0 Å². The van der Waals surface area contributed by atoms with Crippen molar-refractivity contribution < 1.29 is 0 Å². The Kier molecular flexibility index (Phi) is 2.41. The summed E-state index contributed by atoms with van der Waals surface area (Å²) in [4.78, 5) is 30.0. The van der Waals surface area contributed by atoms with E-state index in [9.17, 15) is 9.59 Å². The number of fused-ring (bicyclic) bond motifs is 1. The summed E-state index contributed by atoms with van der Waals surface area (Å²) in [5.41, 5.74) is 0.528. The number of nitrogens with zero attached hydrogens (tertiary/aromatic N) is 2. The van der Waals surface area contributed by atoms with Gasteiger partial charge in [-0.1, -0.05) is 11.3 Å². The van der Waals surface area contributed by atoms with Crippen molar-refractivity contribution in [2.75, 3.05) is 0 Å². The zero-order chi connectivity index (χ0) is 11.8. The maximum atomic E-state index is 11.7. The fraction of sp³-hybridized carbons (Fsp3) is 0.100. The summed E-state index contributed by atoms with van der Waals surface area (Å²) >= 11 is 2.48. The predicted molar refractivity (Wildman–Crippen MR) is 67.9 cm³/mol. The van der Waals surface area contributed by atoms with Crippen LogP contribution in [0.4, 0.5) is 0 Å². The van der Waals surface area contributed by atoms with Gasteiger partial charge in [0, 0.05) is 11.6 Å². The topological polar surface area (TPSA) is 67.8 Å². The number of nitrogens with one attached hydrogen (secondary N) is 1. The molecule has 0 aliphatic rings. The maximum Gasteiger partial charge on any atom is 0.307 e. The van der Waals surface area contributed by atoms with Crippen LogP contribution >= 0.6 is 22.7 Å². The number of thiophene rings is 1. The molecule has 0 spiro atoms. The summed E-state index contributed by atoms with van der Waals surface area (Å²) in [5, 5.41) is 3.54. The lowest BCUT2D eigenvalue weighted by Gasteiger charge is -2.00. The van der Waals surface area contributed by atoms with E-state index in [2.05, 4.69) is 9.97 Å². The summed E-state index contributed by atoms with van der Waals surface area (Å²) in [6, 6.07) is 1.80. The molecule has 7 heteroatoms. The molecule has 3 rings (SSSR count). The van der Waals surface area contributed by atoms with Gasteiger partial charge in [-0.15, -0.1) is 11.3 Å². The molecule has 0 unspecified atom stereocenters. The van der Waals surface area contributed by atoms with E-state index in [4.69, 9.17) is 0 Å². The van der Waals surface area contributed by atoms with Gasteiger partial charge in [0.15, 0.2) is 0 Å². The van der Waals surface area contributed by atoms with Gasteiger partial charge in [0.25, 0.3) is 5.56 Å². The first-order valence-corrected chi connectivity index (χ1v) is 6.60. The highest BCUT2D eigenvalue weighted by molar-refractivity contribution is 7.17. The van der Waals surface area contributed by atoms with Crippen molar-refractivity contribution in [2.45, 2.75) is 6.54 Å². The Morgan fingerprint density at radius 3 is 2.94 bits per heavy atom. The Bertz CT molecular complexity index is 780. The Balaban J connectivity index is 2.09. The molecule has 0 amide bonds. The van der Waals surface area contributed by atoms with E-state index in [1.807, 2.05) is 5.38 Å². The van der Waals surface area contributed by atoms with Crippen LogP contribution in [0, 0.1) is 0 Å². The second-order valence-corrected chi connectivity index (χ2v) is 5.22. The van der Waals surface area contributed by atoms with Crippen molar-refractivity contribution >= 4 is 32.9 Å². The lowest BCUT2D eigenvalue weighted by Crippen LogP contribution is -2.18. The van der Waals surface area contributed by atoms with Crippen LogP contribution in [0.1, 0.15) is 5.82 Å². The molecule has 0 aromatic carbocycles. The second kappa shape index (κ2) is 3.94. The zero-order valence-electron chi connectivity index (χ0n) is 8.54. The third kappa shape index (κ3) is 1.83. The molecule has 0 atom stereocenters. The number of hydrogen-bond acceptors (Lipinski definition) is 5. The highest BCUT2D eigenvalue weighted by Gasteiger charge is 2.06. The average molecular weight is 265 g/mol. The number of aromatic amines is 1. The Morgan fingerprint density at radius 2 is 2.18 bits per heavy atom. The molecule has 0 radical (unpaired) electrons. The van der Waals surface area contributed by atoms with Gasteiger partial charge in [0.1, 0.15) is 10.5 Å². The maximum absolute atomic E-state index is 11.7. The van der Waals surface area contributed by atoms with E-state index >= 15 is 0 Å². The van der Waals surface area contributed by atoms with Crippen molar-refractivity contribution in [2.24, 2.45) is 0 Å². The summed E-state index contributed by atoms with van der Waals surface area (Å²) < 4.78 is 2.13. The van der Waals surface area contributed by atoms with E-state index in [0.717, 1.165) is 11.3 Å². The number of hydrogen-bond donors (Lipinski definition) is 1. The zero-order valence-corrected chi connectivity index (χ0v) is 10.2. The molecular weight excluding hydrogens is 258 g/mol. The van der Waals surface area contributed by atoms with Crippen LogP contribution in [0.3, 0.4) is 0 Å². The van der Waals surface area contributed by atoms with Gasteiger partial charge in [-0.3, -0.25) is 14.2 Å². The molecule has 0 saturated heterocycles. The molecule has 0 aliphatic heterocycles. The van der Waals surface area contributed by atoms with Crippen LogP contribution in [0.5, 0.6) is 0 Å². The van der Waals surface area contributed by atoms with E-state index in [1.54, 1.807) is 17.6 Å². The van der Waals surface area contributed by atoms with Gasteiger partial charge >= 0.3 is 4.87 Å². The molecule has 1 N–H and O–H groups in total. The first-order valence-electron chi connectivity index (χ1n) is 4.84. The van der Waals surface area contributed by atoms with Crippen LogP contribution in [0.25, 0.3) is 10.2 Å². The third-order valence-corrected chi connectivity index (χ3v) is 3.92. The van der Waals surface area contributed by atoms with Crippen molar-refractivity contribution in [1.82, 2.24) is 14.5 Å². The molecule has 5 nitrogen and oxygen atoms in total. The average Bonchev–Trinajstić information content (AvgIpc) is 2.89. The Morgan fingerprint density at radius 1 is 1.29 bits per heavy atom. The fourth-order valence-corrected chi connectivity index (χ4v) is 2.88. The quantitative estimate of drug-likeness (QED) is 0.758. The standard InChI is InChI=1S/C10H7N3O2S2/c14-9-8-6(1-3-16-8)11-7(12-9)5-13-2-4-17-10(13)15/h1-4H,5H2,(H,11,12,14). The first kappa shape index (κ1) is 10.4. The monoisotopic (exact) mass is 265 g/mol. The SMILES string of the molecule is O=c1[nH]c(Cn2ccsc2=O)nc2ccsc12. The van der Waals surface area contributed by atoms with Crippen LogP contribution in [0.2, 0.25) is 0 Å². The van der Waals surface area contributed by atoms with Crippen molar-refractivity contribution in [1.29, 1.82) is 0 Å². The highest BCUT2D eigenvalue weighted by atomic mass is 32.1. The third-order valence-electron chi connectivity index (χ3n) is 2.33. The van der Waals surface area contributed by atoms with Crippen LogP contribution < -0.4 is 10.4 Å². The minimum Gasteiger partial charge on any atom is -0.308 e. The molecular formula is C10H7N3O2S2. The second-order valence-electron chi connectivity index (χ2n) is 3.44. The molecule has 0 fully saturated rings. The van der Waals surface area contributed by atoms with E-state index in [1.165, 1.54) is 15.9 Å². The lowest BCUT2D eigenvalue weighted by molar-refractivity contribution is 0.734. The molecule has 0 bridgehead atoms. The summed E-state index contributed by atoms with van der Waals surface area (Å²) in [7, 11) is 0. The molecule has 3 aromatic rings. The number of thiazole rings is 1. The number of rotatable bonds is 2. The summed E-state index contributed by atoms with van der Waals surface area (Å²) in [5.74, 6) is 0.501. The van der Waals surface area contributed by atoms with E-state index < -0.39 is 0 Å². The summed E-state index contributed by atoms with van der Waals surface area (Å²) in [6.45, 7) is 0.295. The Labute approximate surface area is 103 Å². The molecule has 0 saturated carbocycles. The Hall–Kier alpha value is -1.73. The van der Waals surface area contributed by atoms with Crippen molar-refractivity contribution in [3.05, 3.63) is 48.9 Å². The van der Waals surface area contributed by atoms with Gasteiger partial charge in [-0.2, -0.15) is 0 Å². The number of aromatic nitrogens is 3. The lowest BCUT2D eigenvalue weighted by atomic mass is 10.4. The van der Waals surface area contributed by atoms with Crippen molar-refractivity contribution in [3.63, 3.8) is 0 Å². The number of H-pyrrole nitrogens is 1. The van der Waals surface area contributed by atoms with Crippen molar-refractivity contribution in [3.8, 4) is 0 Å². The van der Waals surface area contributed by atoms with E-state index in [-0.39, 0.29) is 10.4 Å². The highest BCUT2D eigenvalue weighted by Crippen LogP contribution is 2.13. The minimum absolute atomic E-state index is 0.0573. The normalized spacial score (nSPS) is 11.1. The first-order chi connectivity index (χ1) is 8.24. The summed E-state index contributed by atoms with van der Waals surface area (Å²) in [6.07, 6.45) is 1.69. The molecule has 3 heterocycles. The van der Waals surface area contributed by atoms with E-state index in [0.29, 0.717) is 22.6 Å². The fourth-order valence-electron chi connectivity index (χ4n) is 1.57. The minimum atomic E-state index is -0.150. The molecule has 86 valence electrons. The van der Waals surface area contributed by atoms with Crippen LogP contribution in [-0.2, 0) is 6.54 Å². The molecule has 17 heavy (non-hydrogen) atoms. The molecule has 3 aromatic heterocycles. The van der Waals surface area contributed by atoms with Gasteiger partial charge in [-0.25, -0.2) is 4.98 Å². The smallest absolute Gasteiger partial charge is 0.307 e. The molecule has 0 aliphatic carbocycles. The predicted octanol–water partition coefficient (Wildman–Crippen LogP) is 1.26. The van der Waals surface area contributed by atoms with Crippen LogP contribution in [0.15, 0.2) is 32.6 Å². The van der Waals surface area contributed by atoms with Gasteiger partial charge in [0.05, 0.1) is 12.1 Å².